The lowest BCUT2D eigenvalue weighted by Crippen LogP contribution is -2.61. The SMILES string of the molecule is CC1=C(/C=C/C(C)=C/C=C/C(C)=C/C=C/C=C(C)/C=C/C=C(C)/C=C/C2=C(C)C(=O)[C@H]([C@@H]3O[C@H](CO)[C@@H](O)[C@H](O)[C@H]3O)CC2(C)C)C(C)(C)C[C@H](O)C1. The van der Waals surface area contributed by atoms with Crippen LogP contribution in [-0.4, -0.2) is 74.5 Å². The predicted molar refractivity (Wildman–Crippen MR) is 216 cm³/mol. The zero-order chi connectivity index (χ0) is 39.7. The Morgan fingerprint density at radius 2 is 1.15 bits per heavy atom. The van der Waals surface area contributed by atoms with Crippen molar-refractivity contribution in [1.82, 2.24) is 0 Å². The molecule has 290 valence electrons. The van der Waals surface area contributed by atoms with E-state index in [1.54, 1.807) is 6.92 Å². The minimum absolute atomic E-state index is 0.0253. The highest BCUT2D eigenvalue weighted by Gasteiger charge is 2.51. The van der Waals surface area contributed by atoms with Gasteiger partial charge in [0.05, 0.1) is 24.7 Å². The van der Waals surface area contributed by atoms with Crippen LogP contribution < -0.4 is 0 Å². The lowest BCUT2D eigenvalue weighted by molar-refractivity contribution is -0.241. The van der Waals surface area contributed by atoms with Gasteiger partial charge in [-0.2, -0.15) is 0 Å². The van der Waals surface area contributed by atoms with Crippen LogP contribution >= 0.6 is 0 Å². The van der Waals surface area contributed by atoms with Crippen LogP contribution in [0.3, 0.4) is 0 Å². The number of allylic oxidation sites excluding steroid dienone is 21. The molecule has 7 heteroatoms. The van der Waals surface area contributed by atoms with Crippen molar-refractivity contribution in [3.63, 3.8) is 0 Å². The van der Waals surface area contributed by atoms with Crippen molar-refractivity contribution in [2.24, 2.45) is 16.7 Å². The van der Waals surface area contributed by atoms with Crippen LogP contribution in [0.4, 0.5) is 0 Å². The fraction of sp³-hybridized carbons (Fsp3) is 0.500. The third-order valence-electron chi connectivity index (χ3n) is 10.7. The zero-order valence-corrected chi connectivity index (χ0v) is 33.5. The van der Waals surface area contributed by atoms with Gasteiger partial charge < -0.3 is 30.3 Å². The summed E-state index contributed by atoms with van der Waals surface area (Å²) in [7, 11) is 0. The second-order valence-corrected chi connectivity index (χ2v) is 16.4. The Morgan fingerprint density at radius 1 is 0.679 bits per heavy atom. The molecule has 7 atom stereocenters. The van der Waals surface area contributed by atoms with E-state index in [9.17, 15) is 30.3 Å². The fourth-order valence-electron chi connectivity index (χ4n) is 7.70. The highest BCUT2D eigenvalue weighted by molar-refractivity contribution is 5.99. The van der Waals surface area contributed by atoms with Gasteiger partial charge in [0.15, 0.2) is 5.78 Å². The molecule has 1 aliphatic heterocycles. The third-order valence-corrected chi connectivity index (χ3v) is 10.7. The van der Waals surface area contributed by atoms with Gasteiger partial charge in [-0.1, -0.05) is 141 Å². The van der Waals surface area contributed by atoms with Crippen molar-refractivity contribution in [3.05, 3.63) is 130 Å². The molecular formula is C46H64O7. The van der Waals surface area contributed by atoms with E-state index in [1.807, 2.05) is 70.2 Å². The second-order valence-electron chi connectivity index (χ2n) is 16.4. The quantitative estimate of drug-likeness (QED) is 0.130. The van der Waals surface area contributed by atoms with E-state index in [1.165, 1.54) is 16.7 Å². The Balaban J connectivity index is 1.57. The number of carbonyl (C=O) groups excluding carboxylic acids is 1. The van der Waals surface area contributed by atoms with Crippen LogP contribution in [-0.2, 0) is 9.53 Å². The van der Waals surface area contributed by atoms with Crippen molar-refractivity contribution >= 4 is 5.78 Å². The summed E-state index contributed by atoms with van der Waals surface area (Å²) in [5.74, 6) is -0.887. The van der Waals surface area contributed by atoms with E-state index < -0.39 is 48.5 Å². The minimum atomic E-state index is -1.51. The summed E-state index contributed by atoms with van der Waals surface area (Å²) in [5, 5.41) is 50.9. The molecule has 3 aliphatic rings. The number of aliphatic hydroxyl groups is 5. The van der Waals surface area contributed by atoms with Gasteiger partial charge in [0, 0.05) is 0 Å². The molecule has 5 N–H and O–H groups in total. The van der Waals surface area contributed by atoms with E-state index in [-0.39, 0.29) is 17.3 Å². The number of hydrogen-bond acceptors (Lipinski definition) is 7. The van der Waals surface area contributed by atoms with Gasteiger partial charge >= 0.3 is 0 Å². The first kappa shape index (κ1) is 44.0. The first-order valence-electron chi connectivity index (χ1n) is 18.8. The molecule has 0 bridgehead atoms. The number of aliphatic hydroxyl groups excluding tert-OH is 5. The molecule has 0 amide bonds. The number of hydrogen-bond donors (Lipinski definition) is 5. The van der Waals surface area contributed by atoms with Gasteiger partial charge in [-0.3, -0.25) is 4.79 Å². The normalized spacial score (nSPS) is 31.2. The molecule has 0 spiro atoms. The molecule has 0 radical (unpaired) electrons. The number of Topliss-reactive ketones (excluding diaryl/α,β-unsaturated/α-hetero) is 1. The molecule has 1 fully saturated rings. The smallest absolute Gasteiger partial charge is 0.164 e. The lowest BCUT2D eigenvalue weighted by atomic mass is 9.65. The Morgan fingerprint density at radius 3 is 1.66 bits per heavy atom. The number of ketones is 1. The molecule has 2 aliphatic carbocycles. The van der Waals surface area contributed by atoms with Crippen LogP contribution in [0.15, 0.2) is 130 Å². The molecular weight excluding hydrogens is 664 g/mol. The van der Waals surface area contributed by atoms with Gasteiger partial charge in [0.1, 0.15) is 24.4 Å². The summed E-state index contributed by atoms with van der Waals surface area (Å²) >= 11 is 0. The Hall–Kier alpha value is -3.43. The van der Waals surface area contributed by atoms with Gasteiger partial charge in [-0.05, 0) is 88.4 Å². The largest absolute Gasteiger partial charge is 0.394 e. The maximum absolute atomic E-state index is 13.5. The maximum Gasteiger partial charge on any atom is 0.164 e. The van der Waals surface area contributed by atoms with Crippen LogP contribution in [0.25, 0.3) is 0 Å². The van der Waals surface area contributed by atoms with Crippen LogP contribution in [0.2, 0.25) is 0 Å². The molecule has 0 unspecified atom stereocenters. The minimum Gasteiger partial charge on any atom is -0.394 e. The number of rotatable bonds is 12. The molecule has 7 nitrogen and oxygen atoms in total. The molecule has 3 rings (SSSR count). The first-order chi connectivity index (χ1) is 24.8. The number of ether oxygens (including phenoxy) is 1. The first-order valence-corrected chi connectivity index (χ1v) is 18.8. The Bertz CT molecular complexity index is 1660. The van der Waals surface area contributed by atoms with Crippen molar-refractivity contribution in [3.8, 4) is 0 Å². The molecule has 0 aromatic heterocycles. The van der Waals surface area contributed by atoms with E-state index in [2.05, 4.69) is 77.2 Å². The lowest BCUT2D eigenvalue weighted by Gasteiger charge is -2.46. The van der Waals surface area contributed by atoms with Crippen molar-refractivity contribution in [2.45, 2.75) is 125 Å². The molecule has 0 aromatic carbocycles. The maximum atomic E-state index is 13.5. The van der Waals surface area contributed by atoms with Crippen molar-refractivity contribution in [1.29, 1.82) is 0 Å². The molecule has 53 heavy (non-hydrogen) atoms. The van der Waals surface area contributed by atoms with Crippen molar-refractivity contribution < 1.29 is 35.1 Å². The summed E-state index contributed by atoms with van der Waals surface area (Å²) in [4.78, 5) is 13.5. The average Bonchev–Trinajstić information content (AvgIpc) is 3.06. The second kappa shape index (κ2) is 19.2. The van der Waals surface area contributed by atoms with E-state index in [0.29, 0.717) is 12.0 Å². The van der Waals surface area contributed by atoms with Gasteiger partial charge in [0.2, 0.25) is 0 Å². The van der Waals surface area contributed by atoms with Crippen LogP contribution in [0, 0.1) is 16.7 Å². The molecule has 0 aromatic rings. The number of carbonyl (C=O) groups is 1. The van der Waals surface area contributed by atoms with Crippen molar-refractivity contribution in [2.75, 3.05) is 6.61 Å². The van der Waals surface area contributed by atoms with Gasteiger partial charge in [0.25, 0.3) is 0 Å². The predicted octanol–water partition coefficient (Wildman–Crippen LogP) is 7.82. The topological polar surface area (TPSA) is 127 Å². The Kier molecular flexibility index (Phi) is 16.0. The standard InChI is InChI=1S/C46H64O7/c1-29(17-13-19-31(3)21-23-37-33(5)25-35(48)26-45(37,7)8)15-11-12-16-30(2)18-14-20-32(4)22-24-38-34(6)40(49)36(27-46(38,9)10)44-43(52)42(51)41(50)39(28-47)53-44/h11-24,35-36,39,41-44,47-48,50-52H,25-28H2,1-10H3/b12-11+,17-13+,18-14+,23-21+,24-22+,29-15+,30-16+,31-19+,32-20+/t35-,36-,39-,41-,42+,43-,44+/m1/s1. The highest BCUT2D eigenvalue weighted by Crippen LogP contribution is 2.45. The fourth-order valence-corrected chi connectivity index (χ4v) is 7.70. The van der Waals surface area contributed by atoms with E-state index >= 15 is 0 Å². The third kappa shape index (κ3) is 12.0. The monoisotopic (exact) mass is 728 g/mol. The van der Waals surface area contributed by atoms with Gasteiger partial charge in [-0.25, -0.2) is 0 Å². The Labute approximate surface area is 318 Å². The summed E-state index contributed by atoms with van der Waals surface area (Å²) in [5.41, 5.74) is 8.02. The summed E-state index contributed by atoms with van der Waals surface area (Å²) < 4.78 is 5.76. The van der Waals surface area contributed by atoms with Crippen LogP contribution in [0.5, 0.6) is 0 Å². The highest BCUT2D eigenvalue weighted by atomic mass is 16.5. The van der Waals surface area contributed by atoms with Gasteiger partial charge in [-0.15, -0.1) is 0 Å². The molecule has 1 saturated heterocycles. The zero-order valence-electron chi connectivity index (χ0n) is 33.5. The van der Waals surface area contributed by atoms with Crippen LogP contribution in [0.1, 0.15) is 88.5 Å². The molecule has 0 saturated carbocycles. The summed E-state index contributed by atoms with van der Waals surface area (Å²) in [6.07, 6.45) is 24.0. The van der Waals surface area contributed by atoms with E-state index in [0.717, 1.165) is 35.1 Å². The van der Waals surface area contributed by atoms with E-state index in [4.69, 9.17) is 4.74 Å². The molecule has 1 heterocycles. The summed E-state index contributed by atoms with van der Waals surface area (Å²) in [6, 6.07) is 0. The average molecular weight is 729 g/mol. The summed E-state index contributed by atoms with van der Waals surface area (Å²) in [6.45, 7) is 20.1.